The van der Waals surface area contributed by atoms with E-state index >= 15 is 0 Å². The number of ether oxygens (including phenoxy) is 1. The van der Waals surface area contributed by atoms with E-state index in [0.29, 0.717) is 61.5 Å². The molecule has 1 atom stereocenters. The largest absolute Gasteiger partial charge is 0.378 e. The third-order valence-electron chi connectivity index (χ3n) is 6.28. The van der Waals surface area contributed by atoms with Crippen LogP contribution in [0.15, 0.2) is 51.8 Å². The van der Waals surface area contributed by atoms with E-state index < -0.39 is 10.0 Å². The van der Waals surface area contributed by atoms with Crippen molar-refractivity contribution in [3.05, 3.63) is 53.1 Å². The van der Waals surface area contributed by atoms with Gasteiger partial charge in [-0.1, -0.05) is 29.8 Å². The lowest BCUT2D eigenvalue weighted by atomic mass is 9.96. The number of morpholine rings is 1. The zero-order valence-corrected chi connectivity index (χ0v) is 19.6. The number of benzene rings is 2. The molecule has 3 aliphatic heterocycles. The van der Waals surface area contributed by atoms with Crippen LogP contribution in [0.3, 0.4) is 0 Å². The fourth-order valence-corrected chi connectivity index (χ4v) is 6.18. The van der Waals surface area contributed by atoms with Crippen LogP contribution in [-0.2, 0) is 19.6 Å². The molecule has 0 aliphatic carbocycles. The SMILES string of the molecule is O=C(Nc1cccc(Cl)c1N1CCOCC1)C1CCCN(C2=NS(=O)(=O)c3ccccc32)C1. The maximum absolute atomic E-state index is 13.3. The molecule has 0 aromatic heterocycles. The first-order valence-electron chi connectivity index (χ1n) is 11.1. The van der Waals surface area contributed by atoms with Gasteiger partial charge in [-0.3, -0.25) is 4.79 Å². The van der Waals surface area contributed by atoms with Crippen molar-refractivity contribution in [1.29, 1.82) is 0 Å². The molecule has 2 saturated heterocycles. The molecule has 174 valence electrons. The van der Waals surface area contributed by atoms with Gasteiger partial charge < -0.3 is 19.9 Å². The second-order valence-corrected chi connectivity index (χ2v) is 10.4. The maximum atomic E-state index is 13.3. The topological polar surface area (TPSA) is 91.3 Å². The molecule has 0 spiro atoms. The van der Waals surface area contributed by atoms with Gasteiger partial charge in [-0.25, -0.2) is 0 Å². The van der Waals surface area contributed by atoms with Crippen LogP contribution in [-0.4, -0.2) is 64.5 Å². The van der Waals surface area contributed by atoms with Crippen LogP contribution < -0.4 is 10.2 Å². The van der Waals surface area contributed by atoms with Crippen molar-refractivity contribution >= 4 is 44.7 Å². The first kappa shape index (κ1) is 22.2. The fourth-order valence-electron chi connectivity index (χ4n) is 4.66. The summed E-state index contributed by atoms with van der Waals surface area (Å²) in [4.78, 5) is 17.5. The molecule has 33 heavy (non-hydrogen) atoms. The van der Waals surface area contributed by atoms with E-state index in [0.717, 1.165) is 18.5 Å². The van der Waals surface area contributed by atoms with Crippen molar-refractivity contribution in [2.45, 2.75) is 17.7 Å². The Balaban J connectivity index is 1.35. The molecule has 1 N–H and O–H groups in total. The Bertz CT molecular complexity index is 1210. The molecular weight excluding hydrogens is 464 g/mol. The van der Waals surface area contributed by atoms with Crippen LogP contribution in [0.5, 0.6) is 0 Å². The van der Waals surface area contributed by atoms with Crippen LogP contribution in [0.25, 0.3) is 0 Å². The highest BCUT2D eigenvalue weighted by Gasteiger charge is 2.35. The van der Waals surface area contributed by atoms with Gasteiger partial charge >= 0.3 is 0 Å². The minimum absolute atomic E-state index is 0.105. The highest BCUT2D eigenvalue weighted by atomic mass is 35.5. The predicted molar refractivity (Wildman–Crippen MR) is 128 cm³/mol. The Morgan fingerprint density at radius 2 is 1.85 bits per heavy atom. The zero-order valence-electron chi connectivity index (χ0n) is 18.0. The van der Waals surface area contributed by atoms with E-state index in [1.807, 2.05) is 23.1 Å². The number of piperidine rings is 1. The number of amides is 1. The number of sulfonamides is 1. The number of carbonyl (C=O) groups is 1. The lowest BCUT2D eigenvalue weighted by molar-refractivity contribution is -0.121. The number of halogens is 1. The number of likely N-dealkylation sites (tertiary alicyclic amines) is 1. The van der Waals surface area contributed by atoms with Crippen LogP contribution in [0.2, 0.25) is 5.02 Å². The normalized spacial score (nSPS) is 22.0. The molecule has 10 heteroatoms. The molecule has 5 rings (SSSR count). The molecule has 2 aromatic carbocycles. The Morgan fingerprint density at radius 3 is 2.67 bits per heavy atom. The van der Waals surface area contributed by atoms with Crippen molar-refractivity contribution in [1.82, 2.24) is 4.90 Å². The summed E-state index contributed by atoms with van der Waals surface area (Å²) in [6, 6.07) is 12.3. The summed E-state index contributed by atoms with van der Waals surface area (Å²) in [5.41, 5.74) is 2.09. The third kappa shape index (κ3) is 4.32. The molecule has 2 fully saturated rings. The van der Waals surface area contributed by atoms with E-state index in [2.05, 4.69) is 14.6 Å². The Kier molecular flexibility index (Phi) is 6.03. The van der Waals surface area contributed by atoms with E-state index in [9.17, 15) is 13.2 Å². The number of fused-ring (bicyclic) bond motifs is 1. The monoisotopic (exact) mass is 488 g/mol. The van der Waals surface area contributed by atoms with Crippen LogP contribution in [0, 0.1) is 5.92 Å². The molecular formula is C23H25ClN4O4S. The molecule has 1 amide bonds. The molecule has 2 aromatic rings. The number of hydrogen-bond acceptors (Lipinski definition) is 6. The Morgan fingerprint density at radius 1 is 1.06 bits per heavy atom. The first-order valence-corrected chi connectivity index (χ1v) is 12.9. The molecule has 0 bridgehead atoms. The number of rotatable bonds is 3. The highest BCUT2D eigenvalue weighted by Crippen LogP contribution is 2.35. The number of carbonyl (C=O) groups excluding carboxylic acids is 1. The average Bonchev–Trinajstić information content (AvgIpc) is 3.11. The average molecular weight is 489 g/mol. The van der Waals surface area contributed by atoms with E-state index in [1.54, 1.807) is 24.3 Å². The standard InChI is InChI=1S/C23H25ClN4O4S/c24-18-7-3-8-19(21(18)27-11-13-32-14-12-27)25-23(29)16-5-4-10-28(15-16)22-17-6-1-2-9-20(17)33(30,31)26-22/h1-3,6-9,16H,4-5,10-15H2,(H,25,29). The molecule has 1 unspecified atom stereocenters. The van der Waals surface area contributed by atoms with Crippen molar-refractivity contribution < 1.29 is 17.9 Å². The predicted octanol–water partition coefficient (Wildman–Crippen LogP) is 2.98. The fraction of sp³-hybridized carbons (Fsp3) is 0.391. The van der Waals surface area contributed by atoms with Gasteiger partial charge in [0, 0.05) is 31.7 Å². The molecule has 3 aliphatic rings. The highest BCUT2D eigenvalue weighted by molar-refractivity contribution is 7.90. The summed E-state index contributed by atoms with van der Waals surface area (Å²) in [5, 5.41) is 3.66. The summed E-state index contributed by atoms with van der Waals surface area (Å²) in [7, 11) is -3.70. The van der Waals surface area contributed by atoms with Gasteiger partial charge in [-0.2, -0.15) is 8.42 Å². The van der Waals surface area contributed by atoms with Gasteiger partial charge in [0.05, 0.1) is 35.5 Å². The van der Waals surface area contributed by atoms with Crippen molar-refractivity contribution in [2.75, 3.05) is 49.6 Å². The molecule has 0 radical (unpaired) electrons. The second-order valence-electron chi connectivity index (χ2n) is 8.40. The maximum Gasteiger partial charge on any atom is 0.285 e. The number of hydrogen-bond donors (Lipinski definition) is 1. The van der Waals surface area contributed by atoms with Crippen molar-refractivity contribution in [2.24, 2.45) is 10.3 Å². The van der Waals surface area contributed by atoms with E-state index in [1.165, 1.54) is 0 Å². The summed E-state index contributed by atoms with van der Waals surface area (Å²) in [6.07, 6.45) is 1.49. The quantitative estimate of drug-likeness (QED) is 0.714. The van der Waals surface area contributed by atoms with Crippen LogP contribution in [0.4, 0.5) is 11.4 Å². The van der Waals surface area contributed by atoms with Gasteiger partial charge in [0.25, 0.3) is 10.0 Å². The second kappa shape index (κ2) is 8.96. The van der Waals surface area contributed by atoms with Crippen molar-refractivity contribution in [3.8, 4) is 0 Å². The van der Waals surface area contributed by atoms with Gasteiger partial charge in [0.15, 0.2) is 5.84 Å². The Hall–Kier alpha value is -2.62. The minimum Gasteiger partial charge on any atom is -0.378 e. The van der Waals surface area contributed by atoms with E-state index in [-0.39, 0.29) is 16.7 Å². The smallest absolute Gasteiger partial charge is 0.285 e. The first-order chi connectivity index (χ1) is 15.9. The molecule has 3 heterocycles. The van der Waals surface area contributed by atoms with Crippen LogP contribution >= 0.6 is 11.6 Å². The molecule has 8 nitrogen and oxygen atoms in total. The lowest BCUT2D eigenvalue weighted by Crippen LogP contribution is -2.44. The van der Waals surface area contributed by atoms with Crippen molar-refractivity contribution in [3.63, 3.8) is 0 Å². The lowest BCUT2D eigenvalue weighted by Gasteiger charge is -2.34. The number of nitrogens with zero attached hydrogens (tertiary/aromatic N) is 3. The molecule has 0 saturated carbocycles. The van der Waals surface area contributed by atoms with Crippen LogP contribution in [0.1, 0.15) is 18.4 Å². The van der Waals surface area contributed by atoms with Gasteiger partial charge in [0.1, 0.15) is 4.90 Å². The number of para-hydroxylation sites is 1. The third-order valence-corrected chi connectivity index (χ3v) is 7.91. The number of amidine groups is 1. The minimum atomic E-state index is -3.70. The van der Waals surface area contributed by atoms with Gasteiger partial charge in [-0.15, -0.1) is 4.40 Å². The summed E-state index contributed by atoms with van der Waals surface area (Å²) >= 11 is 6.50. The summed E-state index contributed by atoms with van der Waals surface area (Å²) in [6.45, 7) is 3.70. The van der Waals surface area contributed by atoms with E-state index in [4.69, 9.17) is 16.3 Å². The zero-order chi connectivity index (χ0) is 23.0. The van der Waals surface area contributed by atoms with Gasteiger partial charge in [-0.05, 0) is 37.1 Å². The summed E-state index contributed by atoms with van der Waals surface area (Å²) in [5.74, 6) is 0.0273. The summed E-state index contributed by atoms with van der Waals surface area (Å²) < 4.78 is 34.4. The number of anilines is 2. The number of nitrogens with one attached hydrogen (secondary N) is 1. The van der Waals surface area contributed by atoms with Gasteiger partial charge in [0.2, 0.25) is 5.91 Å². The Labute approximate surface area is 198 Å².